The molecule has 1 fully saturated rings. The van der Waals surface area contributed by atoms with Crippen molar-refractivity contribution in [3.05, 3.63) is 52.2 Å². The maximum absolute atomic E-state index is 12.3. The van der Waals surface area contributed by atoms with Crippen LogP contribution in [0.5, 0.6) is 0 Å². The Kier molecular flexibility index (Phi) is 6.59. The number of hydrogen-bond donors (Lipinski definition) is 2. The van der Waals surface area contributed by atoms with Crippen LogP contribution in [0.2, 0.25) is 0 Å². The zero-order valence-corrected chi connectivity index (χ0v) is 15.9. The van der Waals surface area contributed by atoms with Gasteiger partial charge in [0.15, 0.2) is 0 Å². The van der Waals surface area contributed by atoms with E-state index in [1.165, 1.54) is 23.5 Å². The number of sulfonamides is 1. The van der Waals surface area contributed by atoms with Crippen LogP contribution in [0.3, 0.4) is 0 Å². The fourth-order valence-electron chi connectivity index (χ4n) is 2.59. The number of carbonyl (C=O) groups is 1. The lowest BCUT2D eigenvalue weighted by molar-refractivity contribution is 0.0791. The van der Waals surface area contributed by atoms with E-state index in [4.69, 9.17) is 5.73 Å². The van der Waals surface area contributed by atoms with Gasteiger partial charge in [0.1, 0.15) is 0 Å². The number of benzene rings is 1. The van der Waals surface area contributed by atoms with Crippen molar-refractivity contribution in [3.8, 4) is 0 Å². The van der Waals surface area contributed by atoms with Gasteiger partial charge in [-0.3, -0.25) is 4.79 Å². The summed E-state index contributed by atoms with van der Waals surface area (Å²) in [4.78, 5) is 15.1. The molecule has 136 valence electrons. The van der Waals surface area contributed by atoms with Gasteiger partial charge in [-0.25, -0.2) is 13.1 Å². The van der Waals surface area contributed by atoms with Crippen molar-refractivity contribution in [1.29, 1.82) is 0 Å². The van der Waals surface area contributed by atoms with E-state index in [1.54, 1.807) is 17.0 Å². The number of rotatable bonds is 5. The van der Waals surface area contributed by atoms with Crippen molar-refractivity contribution in [1.82, 2.24) is 9.62 Å². The highest BCUT2D eigenvalue weighted by molar-refractivity contribution is 7.89. The van der Waals surface area contributed by atoms with E-state index < -0.39 is 10.0 Å². The number of carbonyl (C=O) groups excluding carboxylic acids is 1. The highest BCUT2D eigenvalue weighted by atomic mass is 35.5. The smallest absolute Gasteiger partial charge is 0.253 e. The number of nitrogens with two attached hydrogens (primary N) is 1. The van der Waals surface area contributed by atoms with Gasteiger partial charge in [0.2, 0.25) is 10.0 Å². The Hall–Kier alpha value is -1.45. The van der Waals surface area contributed by atoms with Crippen LogP contribution in [0.4, 0.5) is 0 Å². The van der Waals surface area contributed by atoms with E-state index in [-0.39, 0.29) is 35.8 Å². The highest BCUT2D eigenvalue weighted by Crippen LogP contribution is 2.16. The number of thiophene rings is 1. The Morgan fingerprint density at radius 1 is 1.28 bits per heavy atom. The first kappa shape index (κ1) is 19.9. The monoisotopic (exact) mass is 401 g/mol. The van der Waals surface area contributed by atoms with E-state index >= 15 is 0 Å². The Morgan fingerprint density at radius 3 is 2.56 bits per heavy atom. The molecule has 2 heterocycles. The standard InChI is InChI=1S/C16H19N3O3S2.ClH/c17-13-7-8-19(11-13)16(20)12-3-5-15(6-4-12)24(21,22)18-10-14-2-1-9-23-14;/h1-6,9,13,18H,7-8,10-11,17H2;1H/t13-;/m1./s1. The number of nitrogens with zero attached hydrogens (tertiary/aromatic N) is 1. The first-order valence-electron chi connectivity index (χ1n) is 7.63. The lowest BCUT2D eigenvalue weighted by Gasteiger charge is -2.16. The second kappa shape index (κ2) is 8.29. The van der Waals surface area contributed by atoms with E-state index in [2.05, 4.69) is 4.72 Å². The van der Waals surface area contributed by atoms with Gasteiger partial charge in [-0.15, -0.1) is 23.7 Å². The Morgan fingerprint density at radius 2 is 2.00 bits per heavy atom. The number of hydrogen-bond acceptors (Lipinski definition) is 5. The molecule has 3 rings (SSSR count). The molecule has 0 saturated carbocycles. The first-order valence-corrected chi connectivity index (χ1v) is 9.99. The molecule has 6 nitrogen and oxygen atoms in total. The summed E-state index contributed by atoms with van der Waals surface area (Å²) in [5.41, 5.74) is 6.29. The second-order valence-corrected chi connectivity index (χ2v) is 8.53. The zero-order chi connectivity index (χ0) is 17.2. The fraction of sp³-hybridized carbons (Fsp3) is 0.312. The number of amides is 1. The first-order chi connectivity index (χ1) is 11.5. The molecule has 1 aliphatic heterocycles. The van der Waals surface area contributed by atoms with Gasteiger partial charge in [0, 0.05) is 36.1 Å². The highest BCUT2D eigenvalue weighted by Gasteiger charge is 2.24. The molecule has 0 spiro atoms. The van der Waals surface area contributed by atoms with Crippen molar-refractivity contribution in [2.24, 2.45) is 5.73 Å². The molecule has 1 atom stereocenters. The van der Waals surface area contributed by atoms with Crippen molar-refractivity contribution in [2.75, 3.05) is 13.1 Å². The lowest BCUT2D eigenvalue weighted by Crippen LogP contribution is -2.31. The van der Waals surface area contributed by atoms with E-state index in [0.29, 0.717) is 18.7 Å². The molecule has 2 aromatic rings. The van der Waals surface area contributed by atoms with Gasteiger partial charge in [0.05, 0.1) is 4.90 Å². The molecular weight excluding hydrogens is 382 g/mol. The van der Waals surface area contributed by atoms with Gasteiger partial charge in [-0.2, -0.15) is 0 Å². The van der Waals surface area contributed by atoms with Crippen molar-refractivity contribution >= 4 is 39.7 Å². The minimum Gasteiger partial charge on any atom is -0.337 e. The van der Waals surface area contributed by atoms with Gasteiger partial charge in [-0.1, -0.05) is 6.07 Å². The molecular formula is C16H20ClN3O3S2. The summed E-state index contributed by atoms with van der Waals surface area (Å²) >= 11 is 1.49. The average Bonchev–Trinajstić information content (AvgIpc) is 3.24. The van der Waals surface area contributed by atoms with Crippen LogP contribution in [0.1, 0.15) is 21.7 Å². The van der Waals surface area contributed by atoms with E-state index in [1.807, 2.05) is 17.5 Å². The van der Waals surface area contributed by atoms with Gasteiger partial charge in [0.25, 0.3) is 5.91 Å². The summed E-state index contributed by atoms with van der Waals surface area (Å²) in [5.74, 6) is -0.113. The van der Waals surface area contributed by atoms with Crippen LogP contribution in [0.15, 0.2) is 46.7 Å². The molecule has 0 unspecified atom stereocenters. The molecule has 0 aliphatic carbocycles. The molecule has 1 saturated heterocycles. The van der Waals surface area contributed by atoms with Crippen LogP contribution in [-0.4, -0.2) is 38.4 Å². The van der Waals surface area contributed by atoms with Crippen LogP contribution in [0, 0.1) is 0 Å². The number of likely N-dealkylation sites (tertiary alicyclic amines) is 1. The molecule has 0 bridgehead atoms. The Bertz CT molecular complexity index is 808. The lowest BCUT2D eigenvalue weighted by atomic mass is 10.2. The molecule has 1 aromatic carbocycles. The maximum Gasteiger partial charge on any atom is 0.253 e. The molecule has 1 aromatic heterocycles. The number of halogens is 1. The molecule has 3 N–H and O–H groups in total. The third-order valence-electron chi connectivity index (χ3n) is 3.94. The summed E-state index contributed by atoms with van der Waals surface area (Å²) in [5, 5.41) is 1.90. The third-order valence-corrected chi connectivity index (χ3v) is 6.23. The third kappa shape index (κ3) is 4.80. The fourth-order valence-corrected chi connectivity index (χ4v) is 4.34. The molecule has 0 radical (unpaired) electrons. The largest absolute Gasteiger partial charge is 0.337 e. The quantitative estimate of drug-likeness (QED) is 0.799. The molecule has 25 heavy (non-hydrogen) atoms. The normalized spacial score (nSPS) is 17.3. The van der Waals surface area contributed by atoms with Crippen LogP contribution >= 0.6 is 23.7 Å². The number of nitrogens with one attached hydrogen (secondary N) is 1. The molecule has 9 heteroatoms. The van der Waals surface area contributed by atoms with Gasteiger partial charge >= 0.3 is 0 Å². The van der Waals surface area contributed by atoms with Crippen molar-refractivity contribution in [3.63, 3.8) is 0 Å². The SMILES string of the molecule is Cl.N[C@@H]1CCN(C(=O)c2ccc(S(=O)(=O)NCc3cccs3)cc2)C1. The van der Waals surface area contributed by atoms with E-state index in [9.17, 15) is 13.2 Å². The second-order valence-electron chi connectivity index (χ2n) is 5.73. The summed E-state index contributed by atoms with van der Waals surface area (Å²) in [6, 6.07) is 9.78. The minimum atomic E-state index is -3.59. The molecule has 1 amide bonds. The summed E-state index contributed by atoms with van der Waals surface area (Å²) in [6.07, 6.45) is 0.796. The molecule has 1 aliphatic rings. The Labute approximate surface area is 157 Å². The van der Waals surface area contributed by atoms with Crippen LogP contribution < -0.4 is 10.5 Å². The minimum absolute atomic E-state index is 0. The topological polar surface area (TPSA) is 92.5 Å². The summed E-state index contributed by atoms with van der Waals surface area (Å²) in [6.45, 7) is 1.44. The van der Waals surface area contributed by atoms with Crippen LogP contribution in [0.25, 0.3) is 0 Å². The van der Waals surface area contributed by atoms with Gasteiger partial charge < -0.3 is 10.6 Å². The Balaban J connectivity index is 0.00000225. The van der Waals surface area contributed by atoms with Crippen molar-refractivity contribution in [2.45, 2.75) is 23.9 Å². The van der Waals surface area contributed by atoms with Gasteiger partial charge in [-0.05, 0) is 42.1 Å². The zero-order valence-electron chi connectivity index (χ0n) is 13.4. The van der Waals surface area contributed by atoms with E-state index in [0.717, 1.165) is 11.3 Å². The predicted octanol–water partition coefficient (Wildman–Crippen LogP) is 1.82. The van der Waals surface area contributed by atoms with Crippen LogP contribution in [-0.2, 0) is 16.6 Å². The summed E-state index contributed by atoms with van der Waals surface area (Å²) < 4.78 is 27.1. The average molecular weight is 402 g/mol. The van der Waals surface area contributed by atoms with Crippen molar-refractivity contribution < 1.29 is 13.2 Å². The maximum atomic E-state index is 12.3. The summed E-state index contributed by atoms with van der Waals surface area (Å²) in [7, 11) is -3.59. The predicted molar refractivity (Wildman–Crippen MR) is 101 cm³/mol.